The number of likely N-dealkylation sites (tertiary alicyclic amines) is 2. The van der Waals surface area contributed by atoms with Crippen LogP contribution in [0.25, 0.3) is 0 Å². The van der Waals surface area contributed by atoms with Gasteiger partial charge in [-0.05, 0) is 44.0 Å². The number of hydrogen-bond donors (Lipinski definition) is 0. The van der Waals surface area contributed by atoms with Gasteiger partial charge in [-0.2, -0.15) is 0 Å². The minimum absolute atomic E-state index is 0.585. The van der Waals surface area contributed by atoms with Gasteiger partial charge in [-0.1, -0.05) is 6.58 Å². The normalized spacial score (nSPS) is 32.9. The molecule has 2 nitrogen and oxygen atoms in total. The van der Waals surface area contributed by atoms with Gasteiger partial charge in [0, 0.05) is 25.5 Å². The van der Waals surface area contributed by atoms with Crippen LogP contribution in [0.3, 0.4) is 0 Å². The molecule has 0 aromatic rings. The maximum absolute atomic E-state index is 5.77. The second-order valence-corrected chi connectivity index (χ2v) is 5.60. The molecule has 0 radical (unpaired) electrons. The van der Waals surface area contributed by atoms with Crippen LogP contribution in [0.5, 0.6) is 0 Å². The molecule has 15 heavy (non-hydrogen) atoms. The fraction of sp³-hybridized carbons (Fsp3) is 0.833. The molecule has 3 heteroatoms. The van der Waals surface area contributed by atoms with E-state index in [2.05, 4.69) is 23.4 Å². The summed E-state index contributed by atoms with van der Waals surface area (Å²) in [5.74, 6) is 0.601. The molecule has 0 amide bonds. The van der Waals surface area contributed by atoms with Crippen LogP contribution < -0.4 is 0 Å². The molecule has 2 aliphatic heterocycles. The summed E-state index contributed by atoms with van der Waals surface area (Å²) in [6.07, 6.45) is 2.72. The highest BCUT2D eigenvalue weighted by molar-refractivity contribution is 6.19. The minimum atomic E-state index is 0.585. The SMILES string of the molecule is C=C(CCl)CN1CCC2(CCN(C)C2)C1. The van der Waals surface area contributed by atoms with Crippen molar-refractivity contribution in [2.45, 2.75) is 12.8 Å². The van der Waals surface area contributed by atoms with Gasteiger partial charge >= 0.3 is 0 Å². The van der Waals surface area contributed by atoms with Gasteiger partial charge in [-0.25, -0.2) is 0 Å². The van der Waals surface area contributed by atoms with Crippen LogP contribution in [0.4, 0.5) is 0 Å². The molecule has 1 spiro atoms. The van der Waals surface area contributed by atoms with Gasteiger partial charge in [0.1, 0.15) is 0 Å². The zero-order valence-electron chi connectivity index (χ0n) is 9.64. The highest BCUT2D eigenvalue weighted by atomic mass is 35.5. The van der Waals surface area contributed by atoms with Gasteiger partial charge in [0.2, 0.25) is 0 Å². The van der Waals surface area contributed by atoms with Gasteiger partial charge < -0.3 is 4.90 Å². The van der Waals surface area contributed by atoms with E-state index in [1.54, 1.807) is 0 Å². The Balaban J connectivity index is 1.86. The number of hydrogen-bond acceptors (Lipinski definition) is 2. The topological polar surface area (TPSA) is 6.48 Å². The Morgan fingerprint density at radius 3 is 2.67 bits per heavy atom. The molecule has 0 aromatic heterocycles. The second kappa shape index (κ2) is 4.44. The Kier molecular flexibility index (Phi) is 3.39. The van der Waals surface area contributed by atoms with E-state index in [1.165, 1.54) is 39.0 Å². The summed E-state index contributed by atoms with van der Waals surface area (Å²) in [4.78, 5) is 4.98. The predicted molar refractivity (Wildman–Crippen MR) is 65.5 cm³/mol. The van der Waals surface area contributed by atoms with Crippen LogP contribution >= 0.6 is 11.6 Å². The van der Waals surface area contributed by atoms with Gasteiger partial charge in [-0.15, -0.1) is 11.6 Å². The maximum atomic E-state index is 5.77. The van der Waals surface area contributed by atoms with E-state index >= 15 is 0 Å². The maximum Gasteiger partial charge on any atom is 0.0443 e. The van der Waals surface area contributed by atoms with E-state index in [4.69, 9.17) is 11.6 Å². The van der Waals surface area contributed by atoms with Gasteiger partial charge in [0.05, 0.1) is 0 Å². The Morgan fingerprint density at radius 2 is 2.07 bits per heavy atom. The summed E-state index contributed by atoms with van der Waals surface area (Å²) in [7, 11) is 2.23. The van der Waals surface area contributed by atoms with Crippen LogP contribution in [-0.4, -0.2) is 55.5 Å². The summed E-state index contributed by atoms with van der Waals surface area (Å²) >= 11 is 5.77. The zero-order chi connectivity index (χ0) is 10.9. The van der Waals surface area contributed by atoms with Crippen molar-refractivity contribution in [1.29, 1.82) is 0 Å². The molecule has 0 aliphatic carbocycles. The van der Waals surface area contributed by atoms with Crippen molar-refractivity contribution >= 4 is 11.6 Å². The highest BCUT2D eigenvalue weighted by Crippen LogP contribution is 2.38. The van der Waals surface area contributed by atoms with Crippen molar-refractivity contribution in [2.24, 2.45) is 5.41 Å². The number of nitrogens with zero attached hydrogens (tertiary/aromatic N) is 2. The van der Waals surface area contributed by atoms with Crippen LogP contribution in [-0.2, 0) is 0 Å². The summed E-state index contributed by atoms with van der Waals surface area (Å²) in [6, 6.07) is 0. The van der Waals surface area contributed by atoms with Crippen molar-refractivity contribution in [1.82, 2.24) is 9.80 Å². The van der Waals surface area contributed by atoms with Gasteiger partial charge in [0.15, 0.2) is 0 Å². The Labute approximate surface area is 97.9 Å². The van der Waals surface area contributed by atoms with Crippen LogP contribution in [0.1, 0.15) is 12.8 Å². The van der Waals surface area contributed by atoms with E-state index in [1.807, 2.05) is 0 Å². The van der Waals surface area contributed by atoms with E-state index in [0.29, 0.717) is 11.3 Å². The molecule has 0 N–H and O–H groups in total. The molecule has 0 saturated carbocycles. The second-order valence-electron chi connectivity index (χ2n) is 5.33. The molecule has 1 unspecified atom stereocenters. The largest absolute Gasteiger partial charge is 0.306 e. The number of rotatable bonds is 3. The van der Waals surface area contributed by atoms with Gasteiger partial charge in [-0.3, -0.25) is 4.90 Å². The van der Waals surface area contributed by atoms with E-state index in [9.17, 15) is 0 Å². The number of alkyl halides is 1. The molecule has 2 saturated heterocycles. The lowest BCUT2D eigenvalue weighted by molar-refractivity contribution is 0.265. The smallest absolute Gasteiger partial charge is 0.0443 e. The molecule has 0 aromatic carbocycles. The first-order valence-corrected chi connectivity index (χ1v) is 6.31. The average molecular weight is 229 g/mol. The van der Waals surface area contributed by atoms with E-state index in [-0.39, 0.29) is 0 Å². The average Bonchev–Trinajstić information content (AvgIpc) is 2.75. The lowest BCUT2D eigenvalue weighted by atomic mass is 9.86. The standard InChI is InChI=1S/C12H21ClN2/c1-11(7-13)8-15-6-4-12(10-15)3-5-14(2)9-12/h1,3-10H2,2H3. The molecule has 2 rings (SSSR count). The fourth-order valence-corrected chi connectivity index (χ4v) is 3.10. The van der Waals surface area contributed by atoms with Crippen molar-refractivity contribution in [2.75, 3.05) is 45.7 Å². The first-order valence-electron chi connectivity index (χ1n) is 5.77. The van der Waals surface area contributed by atoms with Crippen LogP contribution in [0, 0.1) is 5.41 Å². The Morgan fingerprint density at radius 1 is 1.33 bits per heavy atom. The molecule has 0 bridgehead atoms. The van der Waals surface area contributed by atoms with Crippen LogP contribution in [0.15, 0.2) is 12.2 Å². The van der Waals surface area contributed by atoms with Crippen LogP contribution in [0.2, 0.25) is 0 Å². The Bertz CT molecular complexity index is 254. The third kappa shape index (κ3) is 2.55. The monoisotopic (exact) mass is 228 g/mol. The van der Waals surface area contributed by atoms with E-state index in [0.717, 1.165) is 12.1 Å². The molecule has 2 heterocycles. The molecule has 2 fully saturated rings. The zero-order valence-corrected chi connectivity index (χ0v) is 10.4. The van der Waals surface area contributed by atoms with Gasteiger partial charge in [0.25, 0.3) is 0 Å². The first kappa shape index (κ1) is 11.4. The first-order chi connectivity index (χ1) is 7.13. The molecule has 1 atom stereocenters. The lowest BCUT2D eigenvalue weighted by Crippen LogP contribution is -2.30. The highest BCUT2D eigenvalue weighted by Gasteiger charge is 2.42. The quantitative estimate of drug-likeness (QED) is 0.537. The van der Waals surface area contributed by atoms with Crippen molar-refractivity contribution in [3.8, 4) is 0 Å². The lowest BCUT2D eigenvalue weighted by Gasteiger charge is -2.24. The number of halogens is 1. The fourth-order valence-electron chi connectivity index (χ4n) is 3.01. The summed E-state index contributed by atoms with van der Waals surface area (Å²) < 4.78 is 0. The Hall–Kier alpha value is -0.0500. The molecule has 2 aliphatic rings. The van der Waals surface area contributed by atoms with Crippen molar-refractivity contribution in [3.05, 3.63) is 12.2 Å². The summed E-state index contributed by atoms with van der Waals surface area (Å²) in [5, 5.41) is 0. The third-order valence-electron chi connectivity index (χ3n) is 3.78. The third-order valence-corrected chi connectivity index (χ3v) is 4.16. The van der Waals surface area contributed by atoms with Crippen molar-refractivity contribution in [3.63, 3.8) is 0 Å². The van der Waals surface area contributed by atoms with E-state index < -0.39 is 0 Å². The molecular formula is C12H21ClN2. The molecular weight excluding hydrogens is 208 g/mol. The minimum Gasteiger partial charge on any atom is -0.306 e. The van der Waals surface area contributed by atoms with Crippen molar-refractivity contribution < 1.29 is 0 Å². The summed E-state index contributed by atoms with van der Waals surface area (Å²) in [5.41, 5.74) is 1.74. The predicted octanol–water partition coefficient (Wildman–Crippen LogP) is 1.81. The molecule has 86 valence electrons. The summed E-state index contributed by atoms with van der Waals surface area (Å²) in [6.45, 7) is 9.99.